The Morgan fingerprint density at radius 3 is 2.40 bits per heavy atom. The highest BCUT2D eigenvalue weighted by molar-refractivity contribution is 5.99. The molecule has 0 aliphatic rings. The molecule has 0 fully saturated rings. The van der Waals surface area contributed by atoms with Crippen LogP contribution < -0.4 is 17.2 Å². The molecule has 1 rings (SSSR count). The summed E-state index contributed by atoms with van der Waals surface area (Å²) in [5.74, 6) is -0.0618. The van der Waals surface area contributed by atoms with Gasteiger partial charge in [-0.2, -0.15) is 5.10 Å². The van der Waals surface area contributed by atoms with E-state index in [1.165, 1.54) is 0 Å². The molecule has 15 heavy (non-hydrogen) atoms. The molecule has 0 atom stereocenters. The summed E-state index contributed by atoms with van der Waals surface area (Å²) in [7, 11) is 0. The van der Waals surface area contributed by atoms with Crippen molar-refractivity contribution < 1.29 is 0 Å². The minimum atomic E-state index is -0.0618. The highest BCUT2D eigenvalue weighted by atomic mass is 35.5. The first-order valence-electron chi connectivity index (χ1n) is 4.08. The fraction of sp³-hybridized carbons (Fsp3) is 0.111. The fourth-order valence-electron chi connectivity index (χ4n) is 0.954. The molecule has 82 valence electrons. The lowest BCUT2D eigenvalue weighted by atomic mass is 10.1. The molecule has 0 radical (unpaired) electrons. The summed E-state index contributed by atoms with van der Waals surface area (Å²) in [5.41, 5.74) is 18.2. The summed E-state index contributed by atoms with van der Waals surface area (Å²) in [6.07, 6.45) is 0. The van der Waals surface area contributed by atoms with Crippen molar-refractivity contribution in [2.75, 3.05) is 5.73 Å². The molecular weight excluding hydrogens is 214 g/mol. The van der Waals surface area contributed by atoms with E-state index in [9.17, 15) is 0 Å². The first kappa shape index (κ1) is 13.2. The molecule has 0 saturated heterocycles. The number of guanidine groups is 1. The largest absolute Gasteiger partial charge is 0.399 e. The van der Waals surface area contributed by atoms with Crippen LogP contribution in [-0.4, -0.2) is 11.7 Å². The Morgan fingerprint density at radius 2 is 1.87 bits per heavy atom. The summed E-state index contributed by atoms with van der Waals surface area (Å²) in [6, 6.07) is 7.34. The summed E-state index contributed by atoms with van der Waals surface area (Å²) in [5, 5.41) is 7.38. The van der Waals surface area contributed by atoms with Gasteiger partial charge in [0.2, 0.25) is 5.96 Å². The van der Waals surface area contributed by atoms with Crippen molar-refractivity contribution in [3.8, 4) is 0 Å². The van der Waals surface area contributed by atoms with Gasteiger partial charge in [-0.3, -0.25) is 0 Å². The third kappa shape index (κ3) is 4.33. The lowest BCUT2D eigenvalue weighted by Crippen LogP contribution is -2.22. The van der Waals surface area contributed by atoms with Gasteiger partial charge in [-0.15, -0.1) is 17.5 Å². The average molecular weight is 228 g/mol. The number of hydrogen-bond donors (Lipinski definition) is 3. The van der Waals surface area contributed by atoms with Crippen LogP contribution in [0.5, 0.6) is 0 Å². The monoisotopic (exact) mass is 227 g/mol. The van der Waals surface area contributed by atoms with Gasteiger partial charge in [-0.05, 0) is 24.6 Å². The number of nitrogen functional groups attached to an aromatic ring is 1. The Balaban J connectivity index is 0.00000196. The quantitative estimate of drug-likeness (QED) is 0.300. The van der Waals surface area contributed by atoms with Crippen molar-refractivity contribution in [1.29, 1.82) is 0 Å². The third-order valence-corrected chi connectivity index (χ3v) is 1.62. The minimum absolute atomic E-state index is 0. The fourth-order valence-corrected chi connectivity index (χ4v) is 0.954. The molecule has 0 spiro atoms. The van der Waals surface area contributed by atoms with Crippen LogP contribution in [0.4, 0.5) is 5.69 Å². The van der Waals surface area contributed by atoms with Gasteiger partial charge in [-0.25, -0.2) is 0 Å². The maximum atomic E-state index is 5.61. The van der Waals surface area contributed by atoms with Gasteiger partial charge in [0.15, 0.2) is 0 Å². The third-order valence-electron chi connectivity index (χ3n) is 1.62. The molecule has 0 aliphatic carbocycles. The second-order valence-corrected chi connectivity index (χ2v) is 2.84. The molecule has 5 nitrogen and oxygen atoms in total. The van der Waals surface area contributed by atoms with E-state index < -0.39 is 0 Å². The van der Waals surface area contributed by atoms with Crippen molar-refractivity contribution >= 4 is 29.8 Å². The number of nitrogens with zero attached hydrogens (tertiary/aromatic N) is 2. The molecule has 0 amide bonds. The smallest absolute Gasteiger partial charge is 0.211 e. The van der Waals surface area contributed by atoms with Gasteiger partial charge in [-0.1, -0.05) is 12.1 Å². The number of benzene rings is 1. The summed E-state index contributed by atoms with van der Waals surface area (Å²) in [4.78, 5) is 0. The molecule has 0 saturated carbocycles. The predicted octanol–water partition coefficient (Wildman–Crippen LogP) is 0.688. The van der Waals surface area contributed by atoms with Crippen LogP contribution >= 0.6 is 12.4 Å². The van der Waals surface area contributed by atoms with E-state index in [1.807, 2.05) is 12.1 Å². The summed E-state index contributed by atoms with van der Waals surface area (Å²) >= 11 is 0. The molecule has 0 bridgehead atoms. The van der Waals surface area contributed by atoms with Crippen LogP contribution in [-0.2, 0) is 0 Å². The molecule has 0 heterocycles. The second-order valence-electron chi connectivity index (χ2n) is 2.84. The zero-order chi connectivity index (χ0) is 10.6. The molecular formula is C9H14ClN5. The van der Waals surface area contributed by atoms with Crippen molar-refractivity contribution in [3.05, 3.63) is 29.8 Å². The van der Waals surface area contributed by atoms with Crippen molar-refractivity contribution in [2.24, 2.45) is 21.7 Å². The number of rotatable bonds is 2. The van der Waals surface area contributed by atoms with Crippen LogP contribution in [0.2, 0.25) is 0 Å². The highest BCUT2D eigenvalue weighted by Crippen LogP contribution is 2.07. The lowest BCUT2D eigenvalue weighted by Gasteiger charge is -1.99. The molecule has 6 heteroatoms. The Bertz CT molecular complexity index is 382. The van der Waals surface area contributed by atoms with E-state index in [2.05, 4.69) is 10.2 Å². The Kier molecular flexibility index (Phi) is 5.19. The maximum Gasteiger partial charge on any atom is 0.211 e. The van der Waals surface area contributed by atoms with E-state index in [1.54, 1.807) is 19.1 Å². The van der Waals surface area contributed by atoms with Crippen LogP contribution in [0.15, 0.2) is 34.5 Å². The SMILES string of the molecule is CC(=NN=C(N)N)c1cccc(N)c1.Cl. The van der Waals surface area contributed by atoms with Gasteiger partial charge in [0.1, 0.15) is 0 Å². The number of anilines is 1. The average Bonchev–Trinajstić information content (AvgIpc) is 2.14. The Morgan fingerprint density at radius 1 is 1.20 bits per heavy atom. The molecule has 0 aromatic heterocycles. The normalized spacial score (nSPS) is 10.3. The zero-order valence-corrected chi connectivity index (χ0v) is 9.16. The first-order chi connectivity index (χ1) is 6.59. The van der Waals surface area contributed by atoms with E-state index >= 15 is 0 Å². The van der Waals surface area contributed by atoms with Gasteiger partial charge < -0.3 is 17.2 Å². The topological polar surface area (TPSA) is 103 Å². The van der Waals surface area contributed by atoms with E-state index in [-0.39, 0.29) is 18.4 Å². The van der Waals surface area contributed by atoms with E-state index in [0.717, 1.165) is 5.56 Å². The summed E-state index contributed by atoms with van der Waals surface area (Å²) in [6.45, 7) is 1.81. The standard InChI is InChI=1S/C9H13N5.ClH/c1-6(13-14-9(11)12)7-3-2-4-8(10)5-7;/h2-5H,10H2,1H3,(H4,11,12,14);1H. The highest BCUT2D eigenvalue weighted by Gasteiger charge is 1.96. The van der Waals surface area contributed by atoms with Crippen molar-refractivity contribution in [1.82, 2.24) is 0 Å². The minimum Gasteiger partial charge on any atom is -0.399 e. The Labute approximate surface area is 94.5 Å². The van der Waals surface area contributed by atoms with Crippen molar-refractivity contribution in [2.45, 2.75) is 6.92 Å². The van der Waals surface area contributed by atoms with Crippen LogP contribution in [0, 0.1) is 0 Å². The lowest BCUT2D eigenvalue weighted by molar-refractivity contribution is 1.20. The molecule has 0 aliphatic heterocycles. The van der Waals surface area contributed by atoms with Gasteiger partial charge in [0.05, 0.1) is 5.71 Å². The number of nitrogens with two attached hydrogens (primary N) is 3. The maximum absolute atomic E-state index is 5.61. The number of hydrogen-bond acceptors (Lipinski definition) is 3. The van der Waals surface area contributed by atoms with Gasteiger partial charge in [0, 0.05) is 5.69 Å². The van der Waals surface area contributed by atoms with Gasteiger partial charge >= 0.3 is 0 Å². The number of halogens is 1. The first-order valence-corrected chi connectivity index (χ1v) is 4.08. The van der Waals surface area contributed by atoms with Crippen LogP contribution in [0.3, 0.4) is 0 Å². The zero-order valence-electron chi connectivity index (χ0n) is 8.34. The molecule has 6 N–H and O–H groups in total. The Hall–Kier alpha value is -1.75. The van der Waals surface area contributed by atoms with Crippen molar-refractivity contribution in [3.63, 3.8) is 0 Å². The van der Waals surface area contributed by atoms with Crippen LogP contribution in [0.1, 0.15) is 12.5 Å². The van der Waals surface area contributed by atoms with Crippen LogP contribution in [0.25, 0.3) is 0 Å². The van der Waals surface area contributed by atoms with E-state index in [4.69, 9.17) is 17.2 Å². The molecule has 1 aromatic carbocycles. The molecule has 1 aromatic rings. The summed E-state index contributed by atoms with van der Waals surface area (Å²) < 4.78 is 0. The predicted molar refractivity (Wildman–Crippen MR) is 66.1 cm³/mol. The molecule has 0 unspecified atom stereocenters. The van der Waals surface area contributed by atoms with Gasteiger partial charge in [0.25, 0.3) is 0 Å². The second kappa shape index (κ2) is 5.87. The van der Waals surface area contributed by atoms with E-state index in [0.29, 0.717) is 11.4 Å².